The van der Waals surface area contributed by atoms with E-state index < -0.39 is 27.2 Å². The van der Waals surface area contributed by atoms with Crippen LogP contribution < -0.4 is 4.74 Å². The van der Waals surface area contributed by atoms with Crippen molar-refractivity contribution in [3.8, 4) is 5.75 Å². The Bertz CT molecular complexity index is 669. The van der Waals surface area contributed by atoms with E-state index in [-0.39, 0.29) is 11.7 Å². The number of allylic oxidation sites excluding steroid dienone is 1. The van der Waals surface area contributed by atoms with Crippen LogP contribution in [-0.2, 0) is 4.79 Å². The molecule has 24 heavy (non-hydrogen) atoms. The Kier molecular flexibility index (Phi) is 7.03. The Balaban J connectivity index is 3.61. The average Bonchev–Trinajstić information content (AvgIpc) is 2.52. The van der Waals surface area contributed by atoms with Gasteiger partial charge in [-0.05, 0) is 25.7 Å². The lowest BCUT2D eigenvalue weighted by atomic mass is 9.90. The molecule has 8 nitrogen and oxygen atoms in total. The van der Waals surface area contributed by atoms with Crippen molar-refractivity contribution in [2.45, 2.75) is 46.0 Å². The number of nitrogens with zero attached hydrogens (tertiary/aromatic N) is 2. The van der Waals surface area contributed by atoms with E-state index in [9.17, 15) is 25.0 Å². The Morgan fingerprint density at radius 3 is 2.38 bits per heavy atom. The summed E-state index contributed by atoms with van der Waals surface area (Å²) in [4.78, 5) is 32.7. The van der Waals surface area contributed by atoms with E-state index >= 15 is 0 Å². The minimum absolute atomic E-state index is 0.179. The number of rotatable bonds is 8. The van der Waals surface area contributed by atoms with Gasteiger partial charge in [0.25, 0.3) is 5.69 Å². The van der Waals surface area contributed by atoms with Crippen molar-refractivity contribution in [3.63, 3.8) is 0 Å². The largest absolute Gasteiger partial charge is 0.416 e. The molecular formula is C16H20N2O6. The van der Waals surface area contributed by atoms with Crippen molar-refractivity contribution in [2.24, 2.45) is 0 Å². The van der Waals surface area contributed by atoms with Crippen molar-refractivity contribution in [2.75, 3.05) is 0 Å². The van der Waals surface area contributed by atoms with E-state index in [4.69, 9.17) is 4.74 Å². The molecule has 0 saturated heterocycles. The van der Waals surface area contributed by atoms with Gasteiger partial charge in [-0.1, -0.05) is 26.3 Å². The zero-order valence-corrected chi connectivity index (χ0v) is 13.9. The fourth-order valence-electron chi connectivity index (χ4n) is 2.47. The molecule has 0 amide bonds. The van der Waals surface area contributed by atoms with E-state index in [1.54, 1.807) is 6.92 Å². The van der Waals surface area contributed by atoms with E-state index in [0.29, 0.717) is 18.4 Å². The van der Waals surface area contributed by atoms with Gasteiger partial charge in [-0.15, -0.1) is 0 Å². The summed E-state index contributed by atoms with van der Waals surface area (Å²) in [7, 11) is 0. The molecule has 1 aromatic rings. The Morgan fingerprint density at radius 1 is 1.25 bits per heavy atom. The van der Waals surface area contributed by atoms with Crippen LogP contribution in [0.5, 0.6) is 5.75 Å². The number of hydrogen-bond donors (Lipinski definition) is 0. The fraction of sp³-hybridized carbons (Fsp3) is 0.438. The second-order valence-corrected chi connectivity index (χ2v) is 5.21. The molecule has 0 saturated carbocycles. The third-order valence-corrected chi connectivity index (χ3v) is 3.57. The molecule has 0 aliphatic rings. The number of nitro groups is 2. The van der Waals surface area contributed by atoms with Gasteiger partial charge in [0, 0.05) is 17.7 Å². The second-order valence-electron chi connectivity index (χ2n) is 5.21. The van der Waals surface area contributed by atoms with E-state index in [1.165, 1.54) is 12.1 Å². The lowest BCUT2D eigenvalue weighted by molar-refractivity contribution is -0.394. The standard InChI is InChI=1S/C16H20N2O6/c1-4-7-11(6-3)13-9-12(17(20)21)10-14(18(22)23)16(13)24-15(19)8-5-2/h5,8-11H,4,6-7H2,1-3H3. The number of carbonyl (C=O) groups is 1. The number of hydrogen-bond acceptors (Lipinski definition) is 6. The monoisotopic (exact) mass is 336 g/mol. The summed E-state index contributed by atoms with van der Waals surface area (Å²) in [5, 5.41) is 22.4. The van der Waals surface area contributed by atoms with Crippen molar-refractivity contribution in [1.82, 2.24) is 0 Å². The number of nitro benzene ring substituents is 2. The predicted octanol–water partition coefficient (Wildman–Crippen LogP) is 4.28. The third kappa shape index (κ3) is 4.61. The van der Waals surface area contributed by atoms with Gasteiger partial charge in [0.15, 0.2) is 0 Å². The maximum Gasteiger partial charge on any atom is 0.336 e. The molecule has 0 aliphatic heterocycles. The highest BCUT2D eigenvalue weighted by molar-refractivity contribution is 5.85. The van der Waals surface area contributed by atoms with Crippen LogP contribution in [0.15, 0.2) is 24.3 Å². The molecule has 0 heterocycles. The summed E-state index contributed by atoms with van der Waals surface area (Å²) < 4.78 is 5.15. The molecular weight excluding hydrogens is 316 g/mol. The van der Waals surface area contributed by atoms with Crippen LogP contribution in [0.25, 0.3) is 0 Å². The summed E-state index contributed by atoms with van der Waals surface area (Å²) in [6.07, 6.45) is 4.65. The minimum Gasteiger partial charge on any atom is -0.416 e. The van der Waals surface area contributed by atoms with Gasteiger partial charge in [-0.3, -0.25) is 20.2 Å². The van der Waals surface area contributed by atoms with E-state index in [2.05, 4.69) is 0 Å². The van der Waals surface area contributed by atoms with Crippen molar-refractivity contribution < 1.29 is 19.4 Å². The smallest absolute Gasteiger partial charge is 0.336 e. The Hall–Kier alpha value is -2.77. The third-order valence-electron chi connectivity index (χ3n) is 3.57. The number of carbonyl (C=O) groups excluding carboxylic acids is 1. The highest BCUT2D eigenvalue weighted by Crippen LogP contribution is 2.42. The zero-order chi connectivity index (χ0) is 18.3. The van der Waals surface area contributed by atoms with Crippen LogP contribution in [0.3, 0.4) is 0 Å². The van der Waals surface area contributed by atoms with Gasteiger partial charge in [0.2, 0.25) is 5.75 Å². The normalized spacial score (nSPS) is 12.1. The molecule has 130 valence electrons. The van der Waals surface area contributed by atoms with E-state index in [0.717, 1.165) is 18.6 Å². The van der Waals surface area contributed by atoms with Crippen LogP contribution in [0.4, 0.5) is 11.4 Å². The van der Waals surface area contributed by atoms with Gasteiger partial charge in [0.1, 0.15) is 0 Å². The number of non-ortho nitro benzene ring substituents is 1. The zero-order valence-electron chi connectivity index (χ0n) is 13.9. The lowest BCUT2D eigenvalue weighted by Crippen LogP contribution is -2.11. The van der Waals surface area contributed by atoms with Gasteiger partial charge in [0.05, 0.1) is 15.9 Å². The first kappa shape index (κ1) is 19.3. The summed E-state index contributed by atoms with van der Waals surface area (Å²) in [6.45, 7) is 5.43. The van der Waals surface area contributed by atoms with Gasteiger partial charge in [-0.25, -0.2) is 4.79 Å². The lowest BCUT2D eigenvalue weighted by Gasteiger charge is -2.17. The van der Waals surface area contributed by atoms with Gasteiger partial charge >= 0.3 is 11.7 Å². The van der Waals surface area contributed by atoms with Crippen molar-refractivity contribution >= 4 is 17.3 Å². The molecule has 0 N–H and O–H groups in total. The van der Waals surface area contributed by atoms with Crippen LogP contribution in [0.1, 0.15) is 51.5 Å². The molecule has 1 atom stereocenters. The number of benzene rings is 1. The van der Waals surface area contributed by atoms with Crippen LogP contribution >= 0.6 is 0 Å². The first-order chi connectivity index (χ1) is 11.3. The highest BCUT2D eigenvalue weighted by atomic mass is 16.6. The fourth-order valence-corrected chi connectivity index (χ4v) is 2.47. The Labute approximate surface area is 139 Å². The highest BCUT2D eigenvalue weighted by Gasteiger charge is 2.29. The maximum atomic E-state index is 11.8. The first-order valence-corrected chi connectivity index (χ1v) is 7.66. The predicted molar refractivity (Wildman–Crippen MR) is 88.1 cm³/mol. The molecule has 0 bridgehead atoms. The van der Waals surface area contributed by atoms with Crippen LogP contribution in [0.2, 0.25) is 0 Å². The minimum atomic E-state index is -0.770. The molecule has 0 radical (unpaired) electrons. The van der Waals surface area contributed by atoms with Crippen LogP contribution in [-0.4, -0.2) is 15.8 Å². The summed E-state index contributed by atoms with van der Waals surface area (Å²) in [5.41, 5.74) is -0.651. The van der Waals surface area contributed by atoms with Gasteiger partial charge < -0.3 is 4.74 Å². The number of ether oxygens (including phenoxy) is 1. The summed E-state index contributed by atoms with van der Waals surface area (Å²) >= 11 is 0. The van der Waals surface area contributed by atoms with E-state index in [1.807, 2.05) is 13.8 Å². The second kappa shape index (κ2) is 8.76. The average molecular weight is 336 g/mol. The molecule has 8 heteroatoms. The van der Waals surface area contributed by atoms with Crippen LogP contribution in [0, 0.1) is 20.2 Å². The SMILES string of the molecule is CC=CC(=O)Oc1c(C(CC)CCC)cc([N+](=O)[O-])cc1[N+](=O)[O-]. The van der Waals surface area contributed by atoms with Gasteiger partial charge in [-0.2, -0.15) is 0 Å². The quantitative estimate of drug-likeness (QED) is 0.230. The van der Waals surface area contributed by atoms with Crippen molar-refractivity contribution in [3.05, 3.63) is 50.1 Å². The number of esters is 1. The summed E-state index contributed by atoms with van der Waals surface area (Å²) in [5.74, 6) is -1.15. The van der Waals surface area contributed by atoms with Crippen molar-refractivity contribution in [1.29, 1.82) is 0 Å². The summed E-state index contributed by atoms with van der Waals surface area (Å²) in [6, 6.07) is 2.08. The molecule has 0 fully saturated rings. The molecule has 0 spiro atoms. The maximum absolute atomic E-state index is 11.8. The molecule has 0 aliphatic carbocycles. The first-order valence-electron chi connectivity index (χ1n) is 7.66. The topological polar surface area (TPSA) is 113 Å². The molecule has 1 unspecified atom stereocenters. The molecule has 0 aromatic heterocycles. The Morgan fingerprint density at radius 2 is 1.92 bits per heavy atom. The molecule has 1 aromatic carbocycles. The molecule has 1 rings (SSSR count).